The number of aromatic nitrogens is 1. The molecule has 28 heavy (non-hydrogen) atoms. The number of phenolic OH excluding ortho intramolecular Hbond substituents is 1. The Balaban J connectivity index is 1.72. The van der Waals surface area contributed by atoms with Crippen molar-refractivity contribution in [2.24, 2.45) is 10.2 Å². The molecular weight excluding hydrogens is 366 g/mol. The molecule has 0 fully saturated rings. The number of hydrogen-bond acceptors (Lipinski definition) is 4. The van der Waals surface area contributed by atoms with Crippen LogP contribution in [-0.4, -0.2) is 15.9 Å². The van der Waals surface area contributed by atoms with E-state index in [-0.39, 0.29) is 5.75 Å². The van der Waals surface area contributed by atoms with Gasteiger partial charge in [0.1, 0.15) is 5.75 Å². The minimum absolute atomic E-state index is 0.237. The van der Waals surface area contributed by atoms with E-state index in [1.165, 1.54) is 5.56 Å². The van der Waals surface area contributed by atoms with Gasteiger partial charge >= 0.3 is 0 Å². The minimum atomic E-state index is 0.237. The first-order valence-electron chi connectivity index (χ1n) is 8.93. The molecule has 1 N–H and O–H groups in total. The van der Waals surface area contributed by atoms with Crippen LogP contribution in [0.2, 0.25) is 0 Å². The zero-order valence-electron chi connectivity index (χ0n) is 15.1. The highest BCUT2D eigenvalue weighted by atomic mass is 32.1. The topological polar surface area (TPSA) is 49.9 Å². The van der Waals surface area contributed by atoms with Crippen molar-refractivity contribution in [3.8, 4) is 17.0 Å². The van der Waals surface area contributed by atoms with E-state index in [4.69, 9.17) is 0 Å². The van der Waals surface area contributed by atoms with E-state index in [1.807, 2.05) is 36.4 Å². The molecule has 0 bridgehead atoms. The first-order chi connectivity index (χ1) is 13.8. The molecule has 3 aromatic carbocycles. The molecule has 0 radical (unpaired) electrons. The number of phenols is 1. The van der Waals surface area contributed by atoms with Crippen LogP contribution in [0.1, 0.15) is 11.1 Å². The summed E-state index contributed by atoms with van der Waals surface area (Å²) < 4.78 is 2.18. The summed E-state index contributed by atoms with van der Waals surface area (Å²) in [7, 11) is 0. The van der Waals surface area contributed by atoms with Crippen LogP contribution in [-0.2, 0) is 6.54 Å². The first-order valence-corrected chi connectivity index (χ1v) is 9.81. The van der Waals surface area contributed by atoms with Gasteiger partial charge in [-0.2, -0.15) is 5.10 Å². The van der Waals surface area contributed by atoms with Crippen LogP contribution in [0.3, 0.4) is 0 Å². The summed E-state index contributed by atoms with van der Waals surface area (Å²) in [4.78, 5) is 0.831. The minimum Gasteiger partial charge on any atom is -0.508 e. The molecule has 1 aromatic heterocycles. The van der Waals surface area contributed by atoms with Crippen LogP contribution < -0.4 is 4.80 Å². The SMILES string of the molecule is Oc1ccc(/C=N/N=c2\scc(-c3ccccc3)n2Cc2ccccc2)cc1. The van der Waals surface area contributed by atoms with Gasteiger partial charge in [-0.05, 0) is 41.0 Å². The van der Waals surface area contributed by atoms with Crippen LogP contribution >= 0.6 is 11.3 Å². The highest BCUT2D eigenvalue weighted by Gasteiger charge is 2.08. The second-order valence-corrected chi connectivity index (χ2v) is 7.11. The second-order valence-electron chi connectivity index (χ2n) is 6.28. The number of rotatable bonds is 5. The summed E-state index contributed by atoms with van der Waals surface area (Å²) in [5, 5.41) is 20.2. The van der Waals surface area contributed by atoms with Crippen molar-refractivity contribution in [2.75, 3.05) is 0 Å². The van der Waals surface area contributed by atoms with Gasteiger partial charge in [-0.15, -0.1) is 16.4 Å². The summed E-state index contributed by atoms with van der Waals surface area (Å²) in [6.45, 7) is 0.724. The maximum Gasteiger partial charge on any atom is 0.211 e. The van der Waals surface area contributed by atoms with Crippen molar-refractivity contribution >= 4 is 17.6 Å². The van der Waals surface area contributed by atoms with Crippen LogP contribution in [0, 0.1) is 0 Å². The lowest BCUT2D eigenvalue weighted by Gasteiger charge is -2.09. The van der Waals surface area contributed by atoms with Crippen LogP contribution in [0.25, 0.3) is 11.3 Å². The van der Waals surface area contributed by atoms with Gasteiger partial charge in [-0.3, -0.25) is 0 Å². The largest absolute Gasteiger partial charge is 0.508 e. The molecule has 4 rings (SSSR count). The lowest BCUT2D eigenvalue weighted by Crippen LogP contribution is -2.16. The third kappa shape index (κ3) is 4.27. The maximum atomic E-state index is 9.38. The fourth-order valence-corrected chi connectivity index (χ4v) is 3.74. The number of benzene rings is 3. The third-order valence-corrected chi connectivity index (χ3v) is 5.15. The van der Waals surface area contributed by atoms with Gasteiger partial charge in [0.05, 0.1) is 18.5 Å². The monoisotopic (exact) mass is 385 g/mol. The molecule has 0 unspecified atom stereocenters. The quantitative estimate of drug-likeness (QED) is 0.385. The number of hydrogen-bond donors (Lipinski definition) is 1. The van der Waals surface area contributed by atoms with E-state index in [9.17, 15) is 5.11 Å². The molecule has 0 amide bonds. The predicted octanol–water partition coefficient (Wildman–Crippen LogP) is 4.91. The van der Waals surface area contributed by atoms with Crippen molar-refractivity contribution in [1.82, 2.24) is 4.57 Å². The lowest BCUT2D eigenvalue weighted by molar-refractivity contribution is 0.475. The van der Waals surface area contributed by atoms with Crippen molar-refractivity contribution in [1.29, 1.82) is 0 Å². The van der Waals surface area contributed by atoms with Crippen molar-refractivity contribution in [3.63, 3.8) is 0 Å². The zero-order chi connectivity index (χ0) is 19.2. The smallest absolute Gasteiger partial charge is 0.211 e. The molecular formula is C23H19N3OS. The zero-order valence-corrected chi connectivity index (χ0v) is 16.0. The molecule has 0 saturated heterocycles. The van der Waals surface area contributed by atoms with Crippen LogP contribution in [0.5, 0.6) is 5.75 Å². The Bertz CT molecular complexity index is 1130. The summed E-state index contributed by atoms with van der Waals surface area (Å²) >= 11 is 1.57. The van der Waals surface area contributed by atoms with Gasteiger partial charge in [0.2, 0.25) is 4.80 Å². The van der Waals surface area contributed by atoms with Gasteiger partial charge in [0.15, 0.2) is 0 Å². The molecule has 0 spiro atoms. The van der Waals surface area contributed by atoms with Gasteiger partial charge in [-0.1, -0.05) is 60.7 Å². The molecule has 0 aliphatic carbocycles. The van der Waals surface area contributed by atoms with E-state index in [2.05, 4.69) is 44.4 Å². The number of thiazole rings is 1. The highest BCUT2D eigenvalue weighted by Crippen LogP contribution is 2.20. The second kappa shape index (κ2) is 8.50. The Morgan fingerprint density at radius 2 is 1.54 bits per heavy atom. The van der Waals surface area contributed by atoms with Gasteiger partial charge < -0.3 is 9.67 Å². The van der Waals surface area contributed by atoms with Crippen molar-refractivity contribution < 1.29 is 5.11 Å². The molecule has 4 aromatic rings. The molecule has 5 heteroatoms. The first kappa shape index (κ1) is 17.9. The average Bonchev–Trinajstić information content (AvgIpc) is 3.13. The van der Waals surface area contributed by atoms with E-state index in [0.717, 1.165) is 28.2 Å². The molecule has 1 heterocycles. The Morgan fingerprint density at radius 1 is 0.857 bits per heavy atom. The Hall–Kier alpha value is -3.44. The lowest BCUT2D eigenvalue weighted by atomic mass is 10.1. The van der Waals surface area contributed by atoms with E-state index in [1.54, 1.807) is 41.8 Å². The average molecular weight is 385 g/mol. The third-order valence-electron chi connectivity index (χ3n) is 4.29. The summed E-state index contributed by atoms with van der Waals surface area (Å²) in [5.74, 6) is 0.237. The van der Waals surface area contributed by atoms with Crippen LogP contribution in [0.15, 0.2) is 101 Å². The van der Waals surface area contributed by atoms with E-state index >= 15 is 0 Å². The Morgan fingerprint density at radius 3 is 2.25 bits per heavy atom. The normalized spacial score (nSPS) is 11.9. The molecule has 0 aliphatic rings. The van der Waals surface area contributed by atoms with E-state index in [0.29, 0.717) is 0 Å². The van der Waals surface area contributed by atoms with Crippen molar-refractivity contribution in [2.45, 2.75) is 6.54 Å². The van der Waals surface area contributed by atoms with Gasteiger partial charge in [0, 0.05) is 5.38 Å². The summed E-state index contributed by atoms with van der Waals surface area (Å²) in [6, 6.07) is 27.5. The van der Waals surface area contributed by atoms with Crippen molar-refractivity contribution in [3.05, 3.63) is 106 Å². The maximum absolute atomic E-state index is 9.38. The summed E-state index contributed by atoms with van der Waals surface area (Å²) in [5.41, 5.74) is 4.37. The Kier molecular flexibility index (Phi) is 5.45. The fourth-order valence-electron chi connectivity index (χ4n) is 2.87. The van der Waals surface area contributed by atoms with Gasteiger partial charge in [-0.25, -0.2) is 0 Å². The summed E-state index contributed by atoms with van der Waals surface area (Å²) in [6.07, 6.45) is 1.69. The molecule has 138 valence electrons. The highest BCUT2D eigenvalue weighted by molar-refractivity contribution is 7.07. The molecule has 0 saturated carbocycles. The standard InChI is InChI=1S/C23H19N3OS/c27-21-13-11-18(12-14-21)15-24-25-23-26(16-19-7-3-1-4-8-19)22(17-28-23)20-9-5-2-6-10-20/h1-15,17,27H,16H2/b24-15+,25-23-. The predicted molar refractivity (Wildman–Crippen MR) is 115 cm³/mol. The van der Waals surface area contributed by atoms with Gasteiger partial charge in [0.25, 0.3) is 0 Å². The molecule has 0 atom stereocenters. The fraction of sp³-hybridized carbons (Fsp3) is 0.0435. The molecule has 4 nitrogen and oxygen atoms in total. The molecule has 0 aliphatic heterocycles. The number of nitrogens with zero attached hydrogens (tertiary/aromatic N) is 3. The van der Waals surface area contributed by atoms with Crippen LogP contribution in [0.4, 0.5) is 0 Å². The Labute approximate surface area is 167 Å². The number of aromatic hydroxyl groups is 1. The van der Waals surface area contributed by atoms with E-state index < -0.39 is 0 Å².